The van der Waals surface area contributed by atoms with Crippen LogP contribution in [0.2, 0.25) is 0 Å². The summed E-state index contributed by atoms with van der Waals surface area (Å²) >= 11 is 1.50. The normalized spacial score (nSPS) is 17.7. The number of hydrogen-bond donors (Lipinski definition) is 0. The molecule has 1 aromatic carbocycles. The molecule has 0 N–H and O–H groups in total. The monoisotopic (exact) mass is 407 g/mol. The van der Waals surface area contributed by atoms with Gasteiger partial charge in [-0.2, -0.15) is 13.2 Å². The van der Waals surface area contributed by atoms with Crippen molar-refractivity contribution in [2.45, 2.75) is 24.9 Å². The van der Waals surface area contributed by atoms with Crippen molar-refractivity contribution < 1.29 is 22.4 Å². The fourth-order valence-corrected chi connectivity index (χ4v) is 3.89. The number of nitrogens with zero attached hydrogens (tertiary/aromatic N) is 3. The number of thiophene rings is 1. The molecule has 1 saturated heterocycles. The van der Waals surface area contributed by atoms with Gasteiger partial charge in [0.15, 0.2) is 0 Å². The molecule has 3 heterocycles. The predicted octanol–water partition coefficient (Wildman–Crippen LogP) is 4.84. The average molecular weight is 407 g/mol. The molecule has 0 saturated carbocycles. The lowest BCUT2D eigenvalue weighted by Crippen LogP contribution is -2.39. The van der Waals surface area contributed by atoms with Crippen molar-refractivity contribution in [1.82, 2.24) is 15.1 Å². The van der Waals surface area contributed by atoms with Gasteiger partial charge in [0.2, 0.25) is 5.89 Å². The van der Waals surface area contributed by atoms with Crippen LogP contribution in [0.3, 0.4) is 0 Å². The van der Waals surface area contributed by atoms with E-state index in [0.717, 1.165) is 29.9 Å². The van der Waals surface area contributed by atoms with E-state index in [1.165, 1.54) is 23.5 Å². The lowest BCUT2D eigenvalue weighted by atomic mass is 9.97. The first-order chi connectivity index (χ1) is 13.4. The molecule has 28 heavy (non-hydrogen) atoms. The van der Waals surface area contributed by atoms with E-state index < -0.39 is 11.7 Å². The van der Waals surface area contributed by atoms with Crippen LogP contribution in [0.5, 0.6) is 0 Å². The van der Waals surface area contributed by atoms with Crippen LogP contribution in [0.1, 0.15) is 40.6 Å². The van der Waals surface area contributed by atoms with Crippen LogP contribution in [0.15, 0.2) is 46.2 Å². The van der Waals surface area contributed by atoms with Crippen molar-refractivity contribution in [2.75, 3.05) is 13.1 Å². The molecule has 146 valence electrons. The average Bonchev–Trinajstić information content (AvgIpc) is 3.38. The smallest absolute Gasteiger partial charge is 0.416 e. The molecule has 0 aliphatic carbocycles. The molecular formula is C19H16F3N3O2S. The van der Waals surface area contributed by atoms with Gasteiger partial charge in [0, 0.05) is 18.7 Å². The van der Waals surface area contributed by atoms with Gasteiger partial charge in [-0.25, -0.2) is 0 Å². The third kappa shape index (κ3) is 3.80. The molecular weight excluding hydrogens is 391 g/mol. The number of alkyl halides is 3. The van der Waals surface area contributed by atoms with Gasteiger partial charge in [0.05, 0.1) is 16.4 Å². The van der Waals surface area contributed by atoms with Gasteiger partial charge >= 0.3 is 6.18 Å². The molecule has 2 aromatic heterocycles. The SMILES string of the molecule is O=C(c1ccc(C(F)(F)F)cc1)N1CCCC(c2nnc(-c3cccs3)o2)C1. The molecule has 1 aliphatic heterocycles. The molecule has 1 amide bonds. The highest BCUT2D eigenvalue weighted by Gasteiger charge is 2.32. The summed E-state index contributed by atoms with van der Waals surface area (Å²) < 4.78 is 43.9. The summed E-state index contributed by atoms with van der Waals surface area (Å²) in [4.78, 5) is 15.2. The molecule has 5 nitrogen and oxygen atoms in total. The molecule has 9 heteroatoms. The largest absolute Gasteiger partial charge is 0.420 e. The highest BCUT2D eigenvalue weighted by molar-refractivity contribution is 7.13. The van der Waals surface area contributed by atoms with Crippen LogP contribution in [0.4, 0.5) is 13.2 Å². The van der Waals surface area contributed by atoms with E-state index >= 15 is 0 Å². The molecule has 1 unspecified atom stereocenters. The summed E-state index contributed by atoms with van der Waals surface area (Å²) in [7, 11) is 0. The molecule has 3 aromatic rings. The second-order valence-corrected chi connectivity index (χ2v) is 7.54. The molecule has 1 fully saturated rings. The van der Waals surface area contributed by atoms with Gasteiger partial charge in [0.25, 0.3) is 11.8 Å². The second kappa shape index (κ2) is 7.38. The maximum Gasteiger partial charge on any atom is 0.416 e. The third-order valence-corrected chi connectivity index (χ3v) is 5.55. The number of carbonyl (C=O) groups is 1. The lowest BCUT2D eigenvalue weighted by Gasteiger charge is -2.31. The van der Waals surface area contributed by atoms with Crippen molar-refractivity contribution in [1.29, 1.82) is 0 Å². The summed E-state index contributed by atoms with van der Waals surface area (Å²) in [6.45, 7) is 0.939. The summed E-state index contributed by atoms with van der Waals surface area (Å²) in [6, 6.07) is 8.09. The minimum absolute atomic E-state index is 0.0895. The predicted molar refractivity (Wildman–Crippen MR) is 96.9 cm³/mol. The Morgan fingerprint density at radius 2 is 1.96 bits per heavy atom. The van der Waals surface area contributed by atoms with Gasteiger partial charge in [-0.15, -0.1) is 21.5 Å². The maximum absolute atomic E-state index is 12.7. The van der Waals surface area contributed by atoms with Crippen molar-refractivity contribution in [3.05, 3.63) is 58.8 Å². The zero-order chi connectivity index (χ0) is 19.7. The summed E-state index contributed by atoms with van der Waals surface area (Å²) in [5.74, 6) is 0.550. The maximum atomic E-state index is 12.7. The highest BCUT2D eigenvalue weighted by Crippen LogP contribution is 2.32. The number of aromatic nitrogens is 2. The first kappa shape index (κ1) is 18.7. The first-order valence-electron chi connectivity index (χ1n) is 8.75. The molecule has 1 aliphatic rings. The van der Waals surface area contributed by atoms with E-state index in [1.54, 1.807) is 4.90 Å². The Hall–Kier alpha value is -2.68. The van der Waals surface area contributed by atoms with E-state index in [0.29, 0.717) is 24.9 Å². The number of piperidine rings is 1. The Labute approximate surface area is 162 Å². The number of halogens is 3. The number of carbonyl (C=O) groups excluding carboxylic acids is 1. The number of amides is 1. The van der Waals surface area contributed by atoms with Crippen LogP contribution in [-0.4, -0.2) is 34.1 Å². The zero-order valence-corrected chi connectivity index (χ0v) is 15.5. The van der Waals surface area contributed by atoms with Crippen molar-refractivity contribution in [3.63, 3.8) is 0 Å². The fourth-order valence-electron chi connectivity index (χ4n) is 3.25. The van der Waals surface area contributed by atoms with Crippen LogP contribution in [-0.2, 0) is 6.18 Å². The first-order valence-corrected chi connectivity index (χ1v) is 9.63. The van der Waals surface area contributed by atoms with Crippen LogP contribution >= 0.6 is 11.3 Å². The molecule has 0 bridgehead atoms. The number of likely N-dealkylation sites (tertiary alicyclic amines) is 1. The van der Waals surface area contributed by atoms with Gasteiger partial charge in [0.1, 0.15) is 0 Å². The van der Waals surface area contributed by atoms with E-state index in [4.69, 9.17) is 4.42 Å². The Morgan fingerprint density at radius 3 is 2.64 bits per heavy atom. The van der Waals surface area contributed by atoms with Gasteiger partial charge in [-0.1, -0.05) is 6.07 Å². The molecule has 1 atom stereocenters. The van der Waals surface area contributed by atoms with Gasteiger partial charge in [-0.3, -0.25) is 4.79 Å². The molecule has 4 rings (SSSR count). The van der Waals surface area contributed by atoms with Crippen LogP contribution in [0, 0.1) is 0 Å². The number of hydrogen-bond acceptors (Lipinski definition) is 5. The summed E-state index contributed by atoms with van der Waals surface area (Å²) in [6.07, 6.45) is -2.85. The quantitative estimate of drug-likeness (QED) is 0.624. The van der Waals surface area contributed by atoms with Crippen molar-refractivity contribution in [2.24, 2.45) is 0 Å². The zero-order valence-electron chi connectivity index (χ0n) is 14.6. The Morgan fingerprint density at radius 1 is 1.18 bits per heavy atom. The molecule has 0 radical (unpaired) electrons. The van der Waals surface area contributed by atoms with E-state index in [2.05, 4.69) is 10.2 Å². The Balaban J connectivity index is 1.47. The topological polar surface area (TPSA) is 59.2 Å². The van der Waals surface area contributed by atoms with E-state index in [1.807, 2.05) is 17.5 Å². The van der Waals surface area contributed by atoms with Gasteiger partial charge in [-0.05, 0) is 48.6 Å². The summed E-state index contributed by atoms with van der Waals surface area (Å²) in [5, 5.41) is 10.1. The van der Waals surface area contributed by atoms with Gasteiger partial charge < -0.3 is 9.32 Å². The molecule has 0 spiro atoms. The van der Waals surface area contributed by atoms with Crippen LogP contribution in [0.25, 0.3) is 10.8 Å². The minimum atomic E-state index is -4.42. The standard InChI is InChI=1S/C19H16F3N3O2S/c20-19(21,22)14-7-5-12(6-8-14)18(26)25-9-1-3-13(11-25)16-23-24-17(27-16)15-4-2-10-28-15/h2,4-8,10,13H,1,3,9,11H2. The lowest BCUT2D eigenvalue weighted by molar-refractivity contribution is -0.137. The minimum Gasteiger partial charge on any atom is -0.420 e. The third-order valence-electron chi connectivity index (χ3n) is 4.69. The van der Waals surface area contributed by atoms with Crippen LogP contribution < -0.4 is 0 Å². The second-order valence-electron chi connectivity index (χ2n) is 6.59. The highest BCUT2D eigenvalue weighted by atomic mass is 32.1. The summed E-state index contributed by atoms with van der Waals surface area (Å²) in [5.41, 5.74) is -0.536. The van der Waals surface area contributed by atoms with E-state index in [-0.39, 0.29) is 17.4 Å². The Bertz CT molecular complexity index is 952. The van der Waals surface area contributed by atoms with Crippen molar-refractivity contribution >= 4 is 17.2 Å². The number of benzene rings is 1. The van der Waals surface area contributed by atoms with Crippen molar-refractivity contribution in [3.8, 4) is 10.8 Å². The Kier molecular flexibility index (Phi) is 4.92. The fraction of sp³-hybridized carbons (Fsp3) is 0.316. The number of rotatable bonds is 3. The van der Waals surface area contributed by atoms with E-state index in [9.17, 15) is 18.0 Å².